The van der Waals surface area contributed by atoms with Crippen molar-refractivity contribution in [3.05, 3.63) is 95.6 Å². The zero-order chi connectivity index (χ0) is 26.6. The van der Waals surface area contributed by atoms with Gasteiger partial charge in [-0.3, -0.25) is 9.59 Å². The standard InChI is InChI=1S/C30H34N2O4S/c1-2-3-13-26(27(33)20-32-29(34)28(37)18-21-9-5-4-6-10-21)31-19-22-14-16-23(17-15-22)24-11-7-8-12-25(24)30(35)36/h4-12,14-17,26,28,31,37H,2-3,13,18-20H2,1H3,(H,32,34)(H,35,36). The van der Waals surface area contributed by atoms with E-state index in [-0.39, 0.29) is 29.8 Å². The van der Waals surface area contributed by atoms with E-state index in [1.807, 2.05) is 60.7 Å². The fraction of sp³-hybridized carbons (Fsp3) is 0.300. The molecule has 3 N–H and O–H groups in total. The van der Waals surface area contributed by atoms with Gasteiger partial charge in [0.15, 0.2) is 5.78 Å². The first-order valence-corrected chi connectivity index (χ1v) is 13.1. The minimum atomic E-state index is -0.963. The Kier molecular flexibility index (Phi) is 10.9. The third-order valence-electron chi connectivity index (χ3n) is 6.22. The number of ketones is 1. The summed E-state index contributed by atoms with van der Waals surface area (Å²) in [6, 6.07) is 23.8. The van der Waals surface area contributed by atoms with Crippen molar-refractivity contribution < 1.29 is 19.5 Å². The molecule has 0 aliphatic heterocycles. The predicted molar refractivity (Wildman–Crippen MR) is 150 cm³/mol. The van der Waals surface area contributed by atoms with Crippen LogP contribution in [0.15, 0.2) is 78.9 Å². The molecule has 0 aliphatic carbocycles. The van der Waals surface area contributed by atoms with E-state index in [1.54, 1.807) is 18.2 Å². The second kappa shape index (κ2) is 14.4. The molecule has 6 nitrogen and oxygen atoms in total. The van der Waals surface area contributed by atoms with Crippen molar-refractivity contribution in [2.75, 3.05) is 6.54 Å². The molecule has 0 saturated heterocycles. The second-order valence-electron chi connectivity index (χ2n) is 9.01. The van der Waals surface area contributed by atoms with Gasteiger partial charge in [-0.25, -0.2) is 4.79 Å². The maximum absolute atomic E-state index is 12.9. The summed E-state index contributed by atoms with van der Waals surface area (Å²) in [4.78, 5) is 37.0. The number of carboxylic acids is 1. The van der Waals surface area contributed by atoms with E-state index < -0.39 is 11.2 Å². The lowest BCUT2D eigenvalue weighted by Gasteiger charge is -2.19. The first kappa shape index (κ1) is 28.2. The van der Waals surface area contributed by atoms with Crippen LogP contribution in [0.3, 0.4) is 0 Å². The fourth-order valence-corrected chi connectivity index (χ4v) is 4.40. The zero-order valence-corrected chi connectivity index (χ0v) is 21.9. The van der Waals surface area contributed by atoms with Crippen LogP contribution in [0.1, 0.15) is 47.7 Å². The normalized spacial score (nSPS) is 12.5. The van der Waals surface area contributed by atoms with Crippen LogP contribution in [-0.2, 0) is 22.6 Å². The molecule has 2 unspecified atom stereocenters. The zero-order valence-electron chi connectivity index (χ0n) is 21.0. The van der Waals surface area contributed by atoms with Crippen LogP contribution in [0.25, 0.3) is 11.1 Å². The molecule has 0 spiro atoms. The third kappa shape index (κ3) is 8.58. The number of carbonyl (C=O) groups excluding carboxylic acids is 2. The molecule has 1 amide bonds. The maximum Gasteiger partial charge on any atom is 0.336 e. The highest BCUT2D eigenvalue weighted by molar-refractivity contribution is 7.81. The van der Waals surface area contributed by atoms with Crippen molar-refractivity contribution in [1.29, 1.82) is 0 Å². The number of hydrogen-bond donors (Lipinski definition) is 4. The number of unbranched alkanes of at least 4 members (excludes halogenated alkanes) is 1. The first-order chi connectivity index (χ1) is 17.9. The van der Waals surface area contributed by atoms with E-state index in [4.69, 9.17) is 0 Å². The third-order valence-corrected chi connectivity index (χ3v) is 6.64. The summed E-state index contributed by atoms with van der Waals surface area (Å²) >= 11 is 4.42. The monoisotopic (exact) mass is 518 g/mol. The molecule has 3 aromatic rings. The predicted octanol–water partition coefficient (Wildman–Crippen LogP) is 4.93. The van der Waals surface area contributed by atoms with Gasteiger partial charge in [-0.2, -0.15) is 12.6 Å². The Morgan fingerprint density at radius 2 is 1.57 bits per heavy atom. The van der Waals surface area contributed by atoms with Gasteiger partial charge in [0.2, 0.25) is 5.91 Å². The Labute approximate surface area is 223 Å². The fourth-order valence-electron chi connectivity index (χ4n) is 4.09. The molecule has 0 heterocycles. The average Bonchev–Trinajstić information content (AvgIpc) is 2.92. The summed E-state index contributed by atoms with van der Waals surface area (Å²) in [5, 5.41) is 15.0. The molecular formula is C30H34N2O4S. The molecule has 194 valence electrons. The van der Waals surface area contributed by atoms with Crippen LogP contribution < -0.4 is 10.6 Å². The SMILES string of the molecule is CCCCC(NCc1ccc(-c2ccccc2C(=O)O)cc1)C(=O)CNC(=O)C(S)Cc1ccccc1. The van der Waals surface area contributed by atoms with E-state index in [0.717, 1.165) is 29.5 Å². The number of nitrogens with one attached hydrogen (secondary N) is 2. The van der Waals surface area contributed by atoms with Gasteiger partial charge >= 0.3 is 5.97 Å². The summed E-state index contributed by atoms with van der Waals surface area (Å²) in [7, 11) is 0. The Morgan fingerprint density at radius 3 is 2.24 bits per heavy atom. The highest BCUT2D eigenvalue weighted by atomic mass is 32.1. The minimum Gasteiger partial charge on any atom is -0.478 e. The van der Waals surface area contributed by atoms with Crippen LogP contribution >= 0.6 is 12.6 Å². The Bertz CT molecular complexity index is 1180. The summed E-state index contributed by atoms with van der Waals surface area (Å²) in [5.74, 6) is -1.28. The van der Waals surface area contributed by atoms with Gasteiger partial charge in [0.25, 0.3) is 0 Å². The lowest BCUT2D eigenvalue weighted by Crippen LogP contribution is -2.44. The first-order valence-electron chi connectivity index (χ1n) is 12.6. The van der Waals surface area contributed by atoms with Crippen LogP contribution in [0, 0.1) is 0 Å². The van der Waals surface area contributed by atoms with Gasteiger partial charge in [0, 0.05) is 6.54 Å². The van der Waals surface area contributed by atoms with Gasteiger partial charge in [-0.15, -0.1) is 0 Å². The van der Waals surface area contributed by atoms with E-state index in [1.165, 1.54) is 0 Å². The van der Waals surface area contributed by atoms with E-state index in [2.05, 4.69) is 30.2 Å². The summed E-state index contributed by atoms with van der Waals surface area (Å²) < 4.78 is 0. The number of carbonyl (C=O) groups is 3. The van der Waals surface area contributed by atoms with Crippen LogP contribution in [0.2, 0.25) is 0 Å². The molecule has 0 aromatic heterocycles. The van der Waals surface area contributed by atoms with Gasteiger partial charge in [0.05, 0.1) is 23.4 Å². The number of benzene rings is 3. The van der Waals surface area contributed by atoms with E-state index in [0.29, 0.717) is 24.9 Å². The quantitative estimate of drug-likeness (QED) is 0.227. The molecule has 0 saturated carbocycles. The van der Waals surface area contributed by atoms with Gasteiger partial charge in [0.1, 0.15) is 0 Å². The molecule has 0 radical (unpaired) electrons. The number of Topliss-reactive ketones (excluding diaryl/α,β-unsaturated/α-hetero) is 1. The van der Waals surface area contributed by atoms with Crippen LogP contribution in [0.5, 0.6) is 0 Å². The largest absolute Gasteiger partial charge is 0.478 e. The van der Waals surface area contributed by atoms with Crippen molar-refractivity contribution in [2.24, 2.45) is 0 Å². The van der Waals surface area contributed by atoms with Crippen molar-refractivity contribution >= 4 is 30.3 Å². The minimum absolute atomic E-state index is 0.0447. The molecule has 3 aromatic carbocycles. The van der Waals surface area contributed by atoms with Crippen LogP contribution in [0.4, 0.5) is 0 Å². The number of hydrogen-bond acceptors (Lipinski definition) is 5. The van der Waals surface area contributed by atoms with Gasteiger partial charge < -0.3 is 15.7 Å². The number of carboxylic acid groups (broad SMARTS) is 1. The van der Waals surface area contributed by atoms with E-state index >= 15 is 0 Å². The summed E-state index contributed by atoms with van der Waals surface area (Å²) in [6.45, 7) is 2.52. The lowest BCUT2D eigenvalue weighted by atomic mass is 9.98. The molecule has 3 rings (SSSR count). The number of thiol groups is 1. The van der Waals surface area contributed by atoms with Crippen molar-refractivity contribution in [3.63, 3.8) is 0 Å². The average molecular weight is 519 g/mol. The number of amides is 1. The Hall–Kier alpha value is -3.42. The van der Waals surface area contributed by atoms with Gasteiger partial charge in [-0.05, 0) is 41.2 Å². The van der Waals surface area contributed by atoms with Crippen LogP contribution in [-0.4, -0.2) is 40.6 Å². The lowest BCUT2D eigenvalue weighted by molar-refractivity contribution is -0.125. The number of rotatable bonds is 14. The smallest absolute Gasteiger partial charge is 0.336 e. The number of aromatic carboxylic acids is 1. The highest BCUT2D eigenvalue weighted by Gasteiger charge is 2.20. The highest BCUT2D eigenvalue weighted by Crippen LogP contribution is 2.24. The molecule has 7 heteroatoms. The second-order valence-corrected chi connectivity index (χ2v) is 9.64. The molecular weight excluding hydrogens is 484 g/mol. The maximum atomic E-state index is 12.9. The topological polar surface area (TPSA) is 95.5 Å². The molecule has 0 aliphatic rings. The molecule has 0 fully saturated rings. The van der Waals surface area contributed by atoms with Crippen molar-refractivity contribution in [3.8, 4) is 11.1 Å². The van der Waals surface area contributed by atoms with Gasteiger partial charge in [-0.1, -0.05) is 92.6 Å². The summed E-state index contributed by atoms with van der Waals surface area (Å²) in [6.07, 6.45) is 3.04. The molecule has 2 atom stereocenters. The van der Waals surface area contributed by atoms with Crippen molar-refractivity contribution in [2.45, 2.75) is 50.4 Å². The summed E-state index contributed by atoms with van der Waals surface area (Å²) in [5.41, 5.74) is 3.74. The van der Waals surface area contributed by atoms with Crippen molar-refractivity contribution in [1.82, 2.24) is 10.6 Å². The van der Waals surface area contributed by atoms with E-state index in [9.17, 15) is 19.5 Å². The Morgan fingerprint density at radius 1 is 0.892 bits per heavy atom. The molecule has 0 bridgehead atoms. The Balaban J connectivity index is 1.56. The molecule has 37 heavy (non-hydrogen) atoms.